The monoisotopic (exact) mass is 290 g/mol. The molecule has 0 aliphatic heterocycles. The van der Waals surface area contributed by atoms with Crippen molar-refractivity contribution < 1.29 is 8.81 Å². The third kappa shape index (κ3) is 2.16. The number of rotatable bonds is 2. The normalized spacial score (nSPS) is 11.4. The Bertz CT molecular complexity index is 783. The van der Waals surface area contributed by atoms with Gasteiger partial charge in [0.1, 0.15) is 28.6 Å². The summed E-state index contributed by atoms with van der Waals surface area (Å²) in [7, 11) is 0. The first-order valence-corrected chi connectivity index (χ1v) is 6.64. The van der Waals surface area contributed by atoms with Gasteiger partial charge in [-0.2, -0.15) is 0 Å². The lowest BCUT2D eigenvalue weighted by Gasteiger charge is -2.10. The molecular formula is C15H12ClFN2O. The van der Waals surface area contributed by atoms with Crippen LogP contribution in [-0.2, 0) is 0 Å². The fourth-order valence-electron chi connectivity index (χ4n) is 2.21. The summed E-state index contributed by atoms with van der Waals surface area (Å²) in [5.41, 5.74) is 2.09. The molecular weight excluding hydrogens is 279 g/mol. The average Bonchev–Trinajstić information content (AvgIpc) is 2.80. The van der Waals surface area contributed by atoms with E-state index < -0.39 is 0 Å². The SMILES string of the molecule is CC(C)c1c(Cl)ncnc1-c1cc2cc(F)ccc2o1. The van der Waals surface area contributed by atoms with E-state index in [0.29, 0.717) is 27.6 Å². The molecule has 3 rings (SSSR count). The lowest BCUT2D eigenvalue weighted by atomic mass is 10.0. The largest absolute Gasteiger partial charge is 0.454 e. The summed E-state index contributed by atoms with van der Waals surface area (Å²) in [6.07, 6.45) is 1.40. The number of hydrogen-bond acceptors (Lipinski definition) is 3. The highest BCUT2D eigenvalue weighted by molar-refractivity contribution is 6.30. The molecule has 0 saturated heterocycles. The second-order valence-electron chi connectivity index (χ2n) is 4.87. The van der Waals surface area contributed by atoms with E-state index in [2.05, 4.69) is 9.97 Å². The van der Waals surface area contributed by atoms with Crippen LogP contribution < -0.4 is 0 Å². The van der Waals surface area contributed by atoms with E-state index in [1.54, 1.807) is 12.1 Å². The van der Waals surface area contributed by atoms with Crippen LogP contribution in [0.2, 0.25) is 5.15 Å². The summed E-state index contributed by atoms with van der Waals surface area (Å²) in [5.74, 6) is 0.428. The lowest BCUT2D eigenvalue weighted by Crippen LogP contribution is -1.98. The lowest BCUT2D eigenvalue weighted by molar-refractivity contribution is 0.616. The van der Waals surface area contributed by atoms with Crippen molar-refractivity contribution in [3.63, 3.8) is 0 Å². The molecule has 102 valence electrons. The van der Waals surface area contributed by atoms with E-state index in [-0.39, 0.29) is 11.7 Å². The maximum Gasteiger partial charge on any atom is 0.154 e. The van der Waals surface area contributed by atoms with Crippen molar-refractivity contribution in [2.75, 3.05) is 0 Å². The van der Waals surface area contributed by atoms with Crippen molar-refractivity contribution >= 4 is 22.6 Å². The van der Waals surface area contributed by atoms with Crippen LogP contribution in [0.3, 0.4) is 0 Å². The van der Waals surface area contributed by atoms with Crippen molar-refractivity contribution in [3.05, 3.63) is 47.1 Å². The van der Waals surface area contributed by atoms with Crippen LogP contribution in [0.15, 0.2) is 35.0 Å². The summed E-state index contributed by atoms with van der Waals surface area (Å²) in [5, 5.41) is 1.11. The molecule has 0 fully saturated rings. The average molecular weight is 291 g/mol. The van der Waals surface area contributed by atoms with E-state index in [0.717, 1.165) is 5.56 Å². The Morgan fingerprint density at radius 2 is 2.00 bits per heavy atom. The van der Waals surface area contributed by atoms with Crippen LogP contribution >= 0.6 is 11.6 Å². The molecule has 1 aromatic carbocycles. The molecule has 0 aliphatic carbocycles. The van der Waals surface area contributed by atoms with E-state index in [4.69, 9.17) is 16.0 Å². The zero-order valence-corrected chi connectivity index (χ0v) is 11.8. The first-order valence-electron chi connectivity index (χ1n) is 6.26. The topological polar surface area (TPSA) is 38.9 Å². The van der Waals surface area contributed by atoms with Crippen molar-refractivity contribution in [2.24, 2.45) is 0 Å². The summed E-state index contributed by atoms with van der Waals surface area (Å²) in [6.45, 7) is 4.02. The molecule has 20 heavy (non-hydrogen) atoms. The van der Waals surface area contributed by atoms with Crippen LogP contribution in [0, 0.1) is 5.82 Å². The second kappa shape index (κ2) is 4.87. The fraction of sp³-hybridized carbons (Fsp3) is 0.200. The third-order valence-corrected chi connectivity index (χ3v) is 3.43. The summed E-state index contributed by atoms with van der Waals surface area (Å²) < 4.78 is 19.0. The van der Waals surface area contributed by atoms with E-state index in [1.807, 2.05) is 13.8 Å². The zero-order valence-electron chi connectivity index (χ0n) is 11.0. The predicted octanol–water partition coefficient (Wildman–Crippen LogP) is 4.81. The van der Waals surface area contributed by atoms with Gasteiger partial charge in [-0.25, -0.2) is 14.4 Å². The van der Waals surface area contributed by atoms with Gasteiger partial charge in [0.15, 0.2) is 5.76 Å². The first-order chi connectivity index (χ1) is 9.56. The number of aromatic nitrogens is 2. The zero-order chi connectivity index (χ0) is 14.3. The molecule has 0 N–H and O–H groups in total. The highest BCUT2D eigenvalue weighted by Gasteiger charge is 2.18. The van der Waals surface area contributed by atoms with Crippen LogP contribution in [0.25, 0.3) is 22.4 Å². The third-order valence-electron chi connectivity index (χ3n) is 3.12. The Labute approximate surface area is 120 Å². The molecule has 0 radical (unpaired) electrons. The maximum absolute atomic E-state index is 13.2. The van der Waals surface area contributed by atoms with Gasteiger partial charge in [-0.05, 0) is 30.2 Å². The van der Waals surface area contributed by atoms with Crippen LogP contribution in [-0.4, -0.2) is 9.97 Å². The van der Waals surface area contributed by atoms with Gasteiger partial charge in [0.05, 0.1) is 0 Å². The molecule has 3 aromatic rings. The fourth-order valence-corrected chi connectivity index (χ4v) is 2.56. The van der Waals surface area contributed by atoms with Gasteiger partial charge in [0, 0.05) is 10.9 Å². The van der Waals surface area contributed by atoms with Crippen molar-refractivity contribution in [1.29, 1.82) is 0 Å². The predicted molar refractivity (Wildman–Crippen MR) is 76.3 cm³/mol. The number of furan rings is 1. The maximum atomic E-state index is 13.2. The molecule has 0 bridgehead atoms. The molecule has 3 nitrogen and oxygen atoms in total. The number of hydrogen-bond donors (Lipinski definition) is 0. The number of fused-ring (bicyclic) bond motifs is 1. The number of halogens is 2. The van der Waals surface area contributed by atoms with Crippen LogP contribution in [0.5, 0.6) is 0 Å². The Hall–Kier alpha value is -1.94. The minimum Gasteiger partial charge on any atom is -0.454 e. The molecule has 0 aliphatic rings. The number of nitrogens with zero attached hydrogens (tertiary/aromatic N) is 2. The van der Waals surface area contributed by atoms with Crippen molar-refractivity contribution in [2.45, 2.75) is 19.8 Å². The van der Waals surface area contributed by atoms with Gasteiger partial charge in [-0.1, -0.05) is 25.4 Å². The van der Waals surface area contributed by atoms with Gasteiger partial charge in [-0.15, -0.1) is 0 Å². The van der Waals surface area contributed by atoms with Crippen LogP contribution in [0.1, 0.15) is 25.3 Å². The Balaban J connectivity index is 2.23. The summed E-state index contributed by atoms with van der Waals surface area (Å²) >= 11 is 6.15. The smallest absolute Gasteiger partial charge is 0.154 e. The van der Waals surface area contributed by atoms with Gasteiger partial charge < -0.3 is 4.42 Å². The minimum absolute atomic E-state index is 0.156. The highest BCUT2D eigenvalue weighted by atomic mass is 35.5. The minimum atomic E-state index is -0.297. The van der Waals surface area contributed by atoms with Crippen LogP contribution in [0.4, 0.5) is 4.39 Å². The summed E-state index contributed by atoms with van der Waals surface area (Å²) in [6, 6.07) is 6.17. The van der Waals surface area contributed by atoms with Gasteiger partial charge in [0.2, 0.25) is 0 Å². The van der Waals surface area contributed by atoms with E-state index in [9.17, 15) is 4.39 Å². The molecule has 2 aromatic heterocycles. The quantitative estimate of drug-likeness (QED) is 0.636. The summed E-state index contributed by atoms with van der Waals surface area (Å²) in [4.78, 5) is 8.27. The molecule has 0 spiro atoms. The molecule has 0 amide bonds. The Morgan fingerprint density at radius 3 is 2.75 bits per heavy atom. The molecule has 2 heterocycles. The molecule has 0 atom stereocenters. The standard InChI is InChI=1S/C15H12ClFN2O/c1-8(2)13-14(18-7-19-15(13)16)12-6-9-5-10(17)3-4-11(9)20-12/h3-8H,1-2H3. The van der Waals surface area contributed by atoms with E-state index >= 15 is 0 Å². The highest BCUT2D eigenvalue weighted by Crippen LogP contribution is 2.34. The molecule has 5 heteroatoms. The van der Waals surface area contributed by atoms with Gasteiger partial charge in [0.25, 0.3) is 0 Å². The Kier molecular flexibility index (Phi) is 3.18. The van der Waals surface area contributed by atoms with Gasteiger partial charge in [-0.3, -0.25) is 0 Å². The first kappa shape index (κ1) is 13.1. The van der Waals surface area contributed by atoms with Gasteiger partial charge >= 0.3 is 0 Å². The van der Waals surface area contributed by atoms with Crippen molar-refractivity contribution in [1.82, 2.24) is 9.97 Å². The molecule has 0 saturated carbocycles. The molecule has 0 unspecified atom stereocenters. The number of benzene rings is 1. The Morgan fingerprint density at radius 1 is 1.20 bits per heavy atom. The van der Waals surface area contributed by atoms with Crippen molar-refractivity contribution in [3.8, 4) is 11.5 Å². The second-order valence-corrected chi connectivity index (χ2v) is 5.23. The van der Waals surface area contributed by atoms with E-state index in [1.165, 1.54) is 18.5 Å².